The zero-order valence-corrected chi connectivity index (χ0v) is 9.91. The fourth-order valence-corrected chi connectivity index (χ4v) is 1.26. The number of nitrogens with two attached hydrogens (primary N) is 1. The van der Waals surface area contributed by atoms with Crippen LogP contribution < -0.4 is 5.73 Å². The molecule has 1 aromatic carbocycles. The van der Waals surface area contributed by atoms with Gasteiger partial charge in [0.05, 0.1) is 5.56 Å². The van der Waals surface area contributed by atoms with Crippen LogP contribution in [0.1, 0.15) is 22.1 Å². The van der Waals surface area contributed by atoms with E-state index in [2.05, 4.69) is 4.74 Å². The Morgan fingerprint density at radius 3 is 2.18 bits per heavy atom. The summed E-state index contributed by atoms with van der Waals surface area (Å²) < 4.78 is 17.7. The predicted octanol–water partition coefficient (Wildman–Crippen LogP) is 2.10. The number of amides is 1. The molecule has 0 spiro atoms. The van der Waals surface area contributed by atoms with Gasteiger partial charge in [0.2, 0.25) is 6.17 Å². The monoisotopic (exact) mass is 279 g/mol. The normalized spacial score (nSPS) is 12.2. The molecule has 0 fully saturated rings. The summed E-state index contributed by atoms with van der Waals surface area (Å²) in [7, 11) is 0. The van der Waals surface area contributed by atoms with E-state index in [9.17, 15) is 14.0 Å². The van der Waals surface area contributed by atoms with Gasteiger partial charge < -0.3 is 10.5 Å². The maximum absolute atomic E-state index is 13.2. The molecular formula is C10H8Cl2FNO3. The molecule has 0 aliphatic heterocycles. The molecular weight excluding hydrogens is 272 g/mol. The Bertz CT molecular complexity index is 422. The van der Waals surface area contributed by atoms with E-state index in [4.69, 9.17) is 28.9 Å². The van der Waals surface area contributed by atoms with Crippen LogP contribution in [0.4, 0.5) is 4.39 Å². The first-order valence-corrected chi connectivity index (χ1v) is 5.31. The first-order valence-electron chi connectivity index (χ1n) is 4.44. The quantitative estimate of drug-likeness (QED) is 0.678. The van der Waals surface area contributed by atoms with Crippen molar-refractivity contribution < 1.29 is 18.7 Å². The molecule has 1 amide bonds. The molecule has 2 N–H and O–H groups in total. The Kier molecular flexibility index (Phi) is 4.72. The molecule has 92 valence electrons. The third kappa shape index (κ3) is 3.87. The van der Waals surface area contributed by atoms with Gasteiger partial charge in [-0.25, -0.2) is 9.18 Å². The van der Waals surface area contributed by atoms with Crippen LogP contribution >= 0.6 is 23.2 Å². The van der Waals surface area contributed by atoms with Crippen molar-refractivity contribution in [1.82, 2.24) is 0 Å². The molecule has 0 heterocycles. The van der Waals surface area contributed by atoms with Gasteiger partial charge >= 0.3 is 5.97 Å². The number of primary amides is 1. The van der Waals surface area contributed by atoms with Crippen LogP contribution in [0.15, 0.2) is 24.3 Å². The fourth-order valence-electron chi connectivity index (χ4n) is 1.10. The van der Waals surface area contributed by atoms with Gasteiger partial charge in [-0.2, -0.15) is 0 Å². The minimum Gasteiger partial charge on any atom is -0.428 e. The van der Waals surface area contributed by atoms with Gasteiger partial charge in [0.25, 0.3) is 10.9 Å². The summed E-state index contributed by atoms with van der Waals surface area (Å²) in [5.74, 6) is -1.84. The highest BCUT2D eigenvalue weighted by molar-refractivity contribution is 6.43. The van der Waals surface area contributed by atoms with Gasteiger partial charge in [-0.05, 0) is 17.7 Å². The number of rotatable bonds is 4. The van der Waals surface area contributed by atoms with Gasteiger partial charge in [0, 0.05) is 0 Å². The minimum atomic E-state index is -1.91. The van der Waals surface area contributed by atoms with Crippen molar-refractivity contribution in [3.63, 3.8) is 0 Å². The van der Waals surface area contributed by atoms with Crippen LogP contribution in [0.2, 0.25) is 0 Å². The highest BCUT2D eigenvalue weighted by Crippen LogP contribution is 2.18. The number of carbonyl (C=O) groups is 2. The van der Waals surface area contributed by atoms with Crippen LogP contribution in [0, 0.1) is 0 Å². The smallest absolute Gasteiger partial charge is 0.340 e. The molecule has 17 heavy (non-hydrogen) atoms. The van der Waals surface area contributed by atoms with Gasteiger partial charge in [0.15, 0.2) is 0 Å². The zero-order valence-electron chi connectivity index (χ0n) is 8.40. The number of alkyl halides is 3. The van der Waals surface area contributed by atoms with E-state index >= 15 is 0 Å². The molecule has 0 aromatic heterocycles. The molecule has 0 radical (unpaired) electrons. The molecule has 0 aliphatic rings. The van der Waals surface area contributed by atoms with Gasteiger partial charge in [-0.15, -0.1) is 0 Å². The van der Waals surface area contributed by atoms with Crippen molar-refractivity contribution in [3.05, 3.63) is 35.4 Å². The van der Waals surface area contributed by atoms with E-state index in [1.165, 1.54) is 24.3 Å². The molecule has 0 bridgehead atoms. The average Bonchev–Trinajstić information content (AvgIpc) is 2.27. The van der Waals surface area contributed by atoms with Crippen molar-refractivity contribution in [2.75, 3.05) is 0 Å². The van der Waals surface area contributed by atoms with Gasteiger partial charge in [0.1, 0.15) is 0 Å². The van der Waals surface area contributed by atoms with E-state index in [1.807, 2.05) is 0 Å². The fraction of sp³-hybridized carbons (Fsp3) is 0.200. The molecule has 4 nitrogen and oxygen atoms in total. The number of benzene rings is 1. The molecule has 0 saturated heterocycles. The Morgan fingerprint density at radius 2 is 1.76 bits per heavy atom. The first kappa shape index (κ1) is 13.7. The molecule has 1 aromatic rings. The van der Waals surface area contributed by atoms with E-state index < -0.39 is 23.1 Å². The number of hydrogen-bond donors (Lipinski definition) is 1. The summed E-state index contributed by atoms with van der Waals surface area (Å²) in [5, 5.41) is -1.28. The van der Waals surface area contributed by atoms with Crippen LogP contribution in [-0.4, -0.2) is 16.9 Å². The average molecular weight is 280 g/mol. The van der Waals surface area contributed by atoms with E-state index in [0.29, 0.717) is 0 Å². The Hall–Kier alpha value is -1.33. The summed E-state index contributed by atoms with van der Waals surface area (Å²) in [6.07, 6.45) is -1.91. The van der Waals surface area contributed by atoms with E-state index in [0.717, 1.165) is 0 Å². The number of halogens is 3. The maximum Gasteiger partial charge on any atom is 0.340 e. The summed E-state index contributed by atoms with van der Waals surface area (Å²) in [6, 6.07) is 5.07. The molecule has 7 heteroatoms. The highest BCUT2D eigenvalue weighted by Gasteiger charge is 2.17. The Labute approximate surface area is 106 Å². The molecule has 0 saturated carbocycles. The number of esters is 1. The molecule has 1 rings (SSSR count). The van der Waals surface area contributed by atoms with Crippen LogP contribution in [-0.2, 0) is 9.53 Å². The van der Waals surface area contributed by atoms with Crippen LogP contribution in [0.25, 0.3) is 0 Å². The second-order valence-electron chi connectivity index (χ2n) is 3.05. The largest absolute Gasteiger partial charge is 0.428 e. The van der Waals surface area contributed by atoms with Crippen molar-refractivity contribution in [2.45, 2.75) is 11.2 Å². The maximum atomic E-state index is 13.2. The van der Waals surface area contributed by atoms with Crippen molar-refractivity contribution in [3.8, 4) is 0 Å². The third-order valence-corrected chi connectivity index (χ3v) is 2.06. The SMILES string of the molecule is NC(=O)C(F)c1ccc(C(=O)OC(Cl)Cl)cc1. The molecule has 1 atom stereocenters. The van der Waals surface area contributed by atoms with Crippen LogP contribution in [0.3, 0.4) is 0 Å². The lowest BCUT2D eigenvalue weighted by molar-refractivity contribution is -0.122. The highest BCUT2D eigenvalue weighted by atomic mass is 35.5. The first-order chi connectivity index (χ1) is 7.91. The Morgan fingerprint density at radius 1 is 1.24 bits per heavy atom. The van der Waals surface area contributed by atoms with Crippen molar-refractivity contribution >= 4 is 35.1 Å². The predicted molar refractivity (Wildman–Crippen MR) is 60.4 cm³/mol. The number of ether oxygens (including phenoxy) is 1. The topological polar surface area (TPSA) is 69.4 Å². The summed E-state index contributed by atoms with van der Waals surface area (Å²) >= 11 is 10.5. The molecule has 0 aliphatic carbocycles. The zero-order chi connectivity index (χ0) is 13.0. The standard InChI is InChI=1S/C10H8Cl2FNO3/c11-10(12)17-9(16)6-3-1-5(2-4-6)7(13)8(14)15/h1-4,7,10H,(H2,14,15). The van der Waals surface area contributed by atoms with Gasteiger partial charge in [-0.3, -0.25) is 4.79 Å². The third-order valence-electron chi connectivity index (χ3n) is 1.88. The molecule has 1 unspecified atom stereocenters. The van der Waals surface area contributed by atoms with Gasteiger partial charge in [-0.1, -0.05) is 35.3 Å². The second-order valence-corrected chi connectivity index (χ2v) is 4.07. The van der Waals surface area contributed by atoms with E-state index in [-0.39, 0.29) is 11.1 Å². The van der Waals surface area contributed by atoms with Crippen molar-refractivity contribution in [2.24, 2.45) is 5.73 Å². The lowest BCUT2D eigenvalue weighted by atomic mass is 10.1. The van der Waals surface area contributed by atoms with Crippen LogP contribution in [0.5, 0.6) is 0 Å². The lowest BCUT2D eigenvalue weighted by Gasteiger charge is -2.07. The van der Waals surface area contributed by atoms with Crippen molar-refractivity contribution in [1.29, 1.82) is 0 Å². The second kappa shape index (κ2) is 5.84. The summed E-state index contributed by atoms with van der Waals surface area (Å²) in [4.78, 5) is 21.9. The minimum absolute atomic E-state index is 0.0577. The lowest BCUT2D eigenvalue weighted by Crippen LogP contribution is -2.17. The number of carbonyl (C=O) groups excluding carboxylic acids is 2. The summed E-state index contributed by atoms with van der Waals surface area (Å²) in [6.45, 7) is 0. The van der Waals surface area contributed by atoms with E-state index in [1.54, 1.807) is 0 Å². The summed E-state index contributed by atoms with van der Waals surface area (Å²) in [5.41, 5.74) is 4.98. The Balaban J connectivity index is 2.81. The number of hydrogen-bond acceptors (Lipinski definition) is 3.